The van der Waals surface area contributed by atoms with Crippen LogP contribution in [0.2, 0.25) is 0 Å². The van der Waals surface area contributed by atoms with Gasteiger partial charge in [-0.3, -0.25) is 0 Å². The van der Waals surface area contributed by atoms with E-state index in [4.69, 9.17) is 43.0 Å². The van der Waals surface area contributed by atoms with Crippen molar-refractivity contribution >= 4 is 66.4 Å². The number of aromatic nitrogens is 6. The Labute approximate surface area is 622 Å². The highest BCUT2D eigenvalue weighted by Crippen LogP contribution is 2.27. The summed E-state index contributed by atoms with van der Waals surface area (Å²) in [5.41, 5.74) is -1.47. The molecule has 8 saturated heterocycles. The third-order valence-corrected chi connectivity index (χ3v) is 23.5. The number of anilines is 3. The number of hydrogen-bond donors (Lipinski definition) is 1. The first-order valence-corrected chi connectivity index (χ1v) is 40.0. The highest BCUT2D eigenvalue weighted by atomic mass is 32.2. The molecule has 3 aromatic heterocycles. The molecule has 11 rings (SSSR count). The van der Waals surface area contributed by atoms with Gasteiger partial charge in [-0.15, -0.1) is 0 Å². The van der Waals surface area contributed by atoms with Gasteiger partial charge in [0.1, 0.15) is 34.3 Å². The molecule has 8 fully saturated rings. The van der Waals surface area contributed by atoms with Crippen LogP contribution in [0.3, 0.4) is 0 Å². The fraction of sp³-hybridized carbons (Fsp3) is 0.776. The van der Waals surface area contributed by atoms with E-state index in [1.54, 1.807) is 51.9 Å². The first-order valence-electron chi connectivity index (χ1n) is 35.7. The lowest BCUT2D eigenvalue weighted by molar-refractivity contribution is 0.0154. The summed E-state index contributed by atoms with van der Waals surface area (Å²) >= 11 is 0. The van der Waals surface area contributed by atoms with Crippen LogP contribution in [0.15, 0.2) is 37.2 Å². The lowest BCUT2D eigenvalue weighted by atomic mass is 9.98. The summed E-state index contributed by atoms with van der Waals surface area (Å²) in [6, 6.07) is 0. The van der Waals surface area contributed by atoms with Crippen LogP contribution in [0.4, 0.5) is 31.8 Å². The molecule has 3 aromatic rings. The van der Waals surface area contributed by atoms with Crippen LogP contribution in [0.25, 0.3) is 0 Å². The number of carbonyl (C=O) groups excluding carboxylic acids is 3. The van der Waals surface area contributed by atoms with Crippen LogP contribution < -0.4 is 34.0 Å². The summed E-state index contributed by atoms with van der Waals surface area (Å²) in [5, 5.41) is 5.17. The number of nitrogens with two attached hydrogens (primary N) is 1. The van der Waals surface area contributed by atoms with E-state index in [1.165, 1.54) is 21.5 Å². The van der Waals surface area contributed by atoms with Crippen LogP contribution in [0.1, 0.15) is 116 Å². The average molecular weight is 1540 g/mol. The van der Waals surface area contributed by atoms with Crippen molar-refractivity contribution in [2.45, 2.75) is 132 Å². The highest BCUT2D eigenvalue weighted by molar-refractivity contribution is 7.87. The fourth-order valence-corrected chi connectivity index (χ4v) is 16.2. The number of amides is 3. The van der Waals surface area contributed by atoms with Crippen molar-refractivity contribution in [2.75, 3.05) is 205 Å². The SMILES string of the molecule is C.C.CC(C)(C)OC(=O)N1CCC(COc2cnc(N3CCN(S(=O)(=O)N4CCOCC4)CC3)cn2)CC1.CC(C)(C)OC(=O)N1CCC(COc2cnc(N3CCN(S(=O)(=O)N4CCOCC4)CC3)cn2)CC1.CC(C)(C)OC(=O)N1CCC(COc2cnc(N3CCN(S(N)(=O)=O)CC3)cn2)CC1. The predicted molar refractivity (Wildman–Crippen MR) is 395 cm³/mol. The van der Waals surface area contributed by atoms with Gasteiger partial charge >= 0.3 is 18.3 Å². The van der Waals surface area contributed by atoms with E-state index in [-0.39, 0.29) is 33.1 Å². The van der Waals surface area contributed by atoms with Gasteiger partial charge in [0, 0.05) is 144 Å². The van der Waals surface area contributed by atoms with Crippen LogP contribution in [0, 0.1) is 17.8 Å². The molecule has 8 aliphatic heterocycles. The van der Waals surface area contributed by atoms with Gasteiger partial charge in [-0.2, -0.15) is 46.8 Å². The minimum atomic E-state index is -3.65. The number of morpholine rings is 2. The molecule has 0 saturated carbocycles. The summed E-state index contributed by atoms with van der Waals surface area (Å²) in [7, 11) is -10.6. The summed E-state index contributed by atoms with van der Waals surface area (Å²) in [4.78, 5) is 74.3. The maximum Gasteiger partial charge on any atom is 0.410 e. The Kier molecular flexibility index (Phi) is 31.4. The van der Waals surface area contributed by atoms with Gasteiger partial charge in [-0.25, -0.2) is 49.4 Å². The zero-order valence-electron chi connectivity index (χ0n) is 61.3. The Morgan fingerprint density at radius 3 is 0.829 bits per heavy atom. The fourth-order valence-electron chi connectivity index (χ4n) is 12.4. The van der Waals surface area contributed by atoms with E-state index in [9.17, 15) is 39.6 Å². The molecule has 594 valence electrons. The van der Waals surface area contributed by atoms with Gasteiger partial charge in [0.15, 0.2) is 0 Å². The van der Waals surface area contributed by atoms with Gasteiger partial charge in [0.2, 0.25) is 17.6 Å². The Morgan fingerprint density at radius 1 is 0.371 bits per heavy atom. The predicted octanol–water partition coefficient (Wildman–Crippen LogP) is 4.50. The minimum Gasteiger partial charge on any atom is -0.476 e. The molecule has 11 heterocycles. The summed E-state index contributed by atoms with van der Waals surface area (Å²) in [6.45, 7) is 31.1. The van der Waals surface area contributed by atoms with Crippen LogP contribution in [-0.4, -0.2) is 317 Å². The zero-order valence-corrected chi connectivity index (χ0v) is 63.7. The van der Waals surface area contributed by atoms with E-state index >= 15 is 0 Å². The number of rotatable bonds is 17. The molecule has 38 heteroatoms. The van der Waals surface area contributed by atoms with Gasteiger partial charge < -0.3 is 67.3 Å². The lowest BCUT2D eigenvalue weighted by Crippen LogP contribution is -2.55. The molecule has 0 radical (unpaired) electrons. The number of piperidine rings is 3. The van der Waals surface area contributed by atoms with Crippen molar-refractivity contribution < 1.29 is 77.5 Å². The first-order chi connectivity index (χ1) is 48.7. The summed E-state index contributed by atoms with van der Waals surface area (Å²) < 4.78 is 126. The zero-order chi connectivity index (χ0) is 74.2. The standard InChI is InChI=1S/2C23H38N6O6S.C19H32N6O5S.2CH4/c2*1-23(2,3)35-22(30)27-6-4-19(5-7-27)18-34-21-17-24-20(16-25-21)26-8-10-28(11-9-26)36(31,32)29-12-14-33-15-13-29;1-19(2,3)30-18(26)24-6-4-15(5-7-24)14-29-17-13-21-16(12-22-17)23-8-10-25(11-9-23)31(20,27)28;;/h2*16-17,19H,4-15,18H2,1-3H3;12-13,15H,4-11,14H2,1-3H3,(H2,20,27,28);2*1H4. The van der Waals surface area contributed by atoms with Crippen LogP contribution in [0.5, 0.6) is 17.6 Å². The number of ether oxygens (including phenoxy) is 8. The maximum atomic E-state index is 12.8. The molecule has 105 heavy (non-hydrogen) atoms. The Morgan fingerprint density at radius 2 is 0.610 bits per heavy atom. The number of likely N-dealkylation sites (tertiary alicyclic amines) is 3. The Balaban J connectivity index is 0.000000219. The maximum absolute atomic E-state index is 12.8. The topological polar surface area (TPSA) is 366 Å². The molecule has 2 N–H and O–H groups in total. The highest BCUT2D eigenvalue weighted by Gasteiger charge is 2.37. The van der Waals surface area contributed by atoms with Crippen molar-refractivity contribution in [3.8, 4) is 17.6 Å². The Hall–Kier alpha value is -6.62. The van der Waals surface area contributed by atoms with Crippen molar-refractivity contribution in [2.24, 2.45) is 22.9 Å². The second-order valence-electron chi connectivity index (χ2n) is 29.5. The lowest BCUT2D eigenvalue weighted by Gasteiger charge is -2.37. The molecule has 0 unspecified atom stereocenters. The van der Waals surface area contributed by atoms with Gasteiger partial charge in [-0.1, -0.05) is 14.9 Å². The number of nitrogens with zero attached hydrogens (tertiary/aromatic N) is 17. The van der Waals surface area contributed by atoms with E-state index in [1.807, 2.05) is 77.0 Å². The van der Waals surface area contributed by atoms with Gasteiger partial charge in [0.05, 0.1) is 83.4 Å². The van der Waals surface area contributed by atoms with Gasteiger partial charge in [0.25, 0.3) is 30.6 Å². The second kappa shape index (κ2) is 38.5. The normalized spacial score (nSPS) is 20.4. The third kappa shape index (κ3) is 26.3. The van der Waals surface area contributed by atoms with Gasteiger partial charge in [-0.05, 0) is 119 Å². The van der Waals surface area contributed by atoms with E-state index in [0.29, 0.717) is 243 Å². The van der Waals surface area contributed by atoms with Crippen LogP contribution in [-0.2, 0) is 54.3 Å². The van der Waals surface area contributed by atoms with Crippen molar-refractivity contribution in [3.63, 3.8) is 0 Å². The quantitative estimate of drug-likeness (QED) is 0.182. The molecule has 3 amide bonds. The molecule has 35 nitrogen and oxygen atoms in total. The van der Waals surface area contributed by atoms with Crippen LogP contribution >= 0.6 is 0 Å². The molecule has 0 bridgehead atoms. The second-order valence-corrected chi connectivity index (χ2v) is 34.9. The smallest absolute Gasteiger partial charge is 0.410 e. The van der Waals surface area contributed by atoms with E-state index < -0.39 is 47.4 Å². The van der Waals surface area contributed by atoms with Crippen molar-refractivity contribution in [3.05, 3.63) is 37.2 Å². The molecular weight excluding hydrogens is 1430 g/mol. The van der Waals surface area contributed by atoms with E-state index in [2.05, 4.69) is 29.9 Å². The summed E-state index contributed by atoms with van der Waals surface area (Å²) in [5.74, 6) is 4.47. The molecule has 8 aliphatic rings. The monoisotopic (exact) mass is 1540 g/mol. The van der Waals surface area contributed by atoms with E-state index in [0.717, 1.165) is 38.5 Å². The third-order valence-electron chi connectivity index (χ3n) is 18.3. The summed E-state index contributed by atoms with van der Waals surface area (Å²) in [6.07, 6.45) is 14.1. The molecular formula is C67H116N18O17S3. The number of carbonyl (C=O) groups is 3. The number of hydrogen-bond acceptors (Lipinski definition) is 26. The molecule has 0 aliphatic carbocycles. The molecule has 0 atom stereocenters. The molecule has 0 aromatic carbocycles. The minimum absolute atomic E-state index is 0. The first kappa shape index (κ1) is 85.6. The Bertz CT molecular complexity index is 3340. The average Bonchev–Trinajstić information content (AvgIpc) is 0.797. The van der Waals surface area contributed by atoms with Crippen molar-refractivity contribution in [1.82, 2.24) is 66.1 Å². The number of piperazine rings is 3. The van der Waals surface area contributed by atoms with Crippen molar-refractivity contribution in [1.29, 1.82) is 0 Å². The largest absolute Gasteiger partial charge is 0.476 e. The molecule has 0 spiro atoms.